The lowest BCUT2D eigenvalue weighted by Crippen LogP contribution is -2.33. The van der Waals surface area contributed by atoms with Crippen molar-refractivity contribution in [2.75, 3.05) is 25.0 Å². The van der Waals surface area contributed by atoms with Crippen molar-refractivity contribution in [3.63, 3.8) is 0 Å². The van der Waals surface area contributed by atoms with Gasteiger partial charge < -0.3 is 15.0 Å². The van der Waals surface area contributed by atoms with Gasteiger partial charge in [-0.2, -0.15) is 0 Å². The maximum absolute atomic E-state index is 12.7. The van der Waals surface area contributed by atoms with Gasteiger partial charge in [-0.25, -0.2) is 4.79 Å². The summed E-state index contributed by atoms with van der Waals surface area (Å²) in [5.41, 5.74) is 1.12. The summed E-state index contributed by atoms with van der Waals surface area (Å²) in [5, 5.41) is 2.72. The van der Waals surface area contributed by atoms with Crippen LogP contribution in [0.1, 0.15) is 64.8 Å². The molecule has 29 heavy (non-hydrogen) atoms. The van der Waals surface area contributed by atoms with Crippen LogP contribution in [0.3, 0.4) is 0 Å². The van der Waals surface area contributed by atoms with Crippen LogP contribution >= 0.6 is 0 Å². The van der Waals surface area contributed by atoms with Crippen molar-refractivity contribution in [1.29, 1.82) is 0 Å². The molecule has 0 bridgehead atoms. The standard InChI is InChI=1S/C22H27N3O4/c1-4-13-25(14-5-2)21(27)19-15-16(11-12-23-19)20(26)24-18-10-8-7-9-17(18)22(28)29-6-3/h7-12,15H,4-6,13-14H2,1-3H3,(H,24,26). The summed E-state index contributed by atoms with van der Waals surface area (Å²) in [6.07, 6.45) is 3.13. The van der Waals surface area contributed by atoms with Crippen LogP contribution in [0.4, 0.5) is 5.69 Å². The molecular formula is C22H27N3O4. The van der Waals surface area contributed by atoms with E-state index in [4.69, 9.17) is 4.74 Å². The molecule has 1 N–H and O–H groups in total. The van der Waals surface area contributed by atoms with E-state index in [0.717, 1.165) is 12.8 Å². The largest absolute Gasteiger partial charge is 0.462 e. The highest BCUT2D eigenvalue weighted by Gasteiger charge is 2.19. The predicted molar refractivity (Wildman–Crippen MR) is 111 cm³/mol. The zero-order valence-corrected chi connectivity index (χ0v) is 17.1. The Labute approximate surface area is 171 Å². The van der Waals surface area contributed by atoms with E-state index in [-0.39, 0.29) is 29.3 Å². The summed E-state index contributed by atoms with van der Waals surface area (Å²) in [6, 6.07) is 9.63. The number of para-hydroxylation sites is 1. The number of ether oxygens (including phenoxy) is 1. The second-order valence-electron chi connectivity index (χ2n) is 6.44. The van der Waals surface area contributed by atoms with Crippen molar-refractivity contribution in [2.24, 2.45) is 0 Å². The molecule has 0 radical (unpaired) electrons. The Morgan fingerprint density at radius 2 is 1.72 bits per heavy atom. The normalized spacial score (nSPS) is 10.3. The van der Waals surface area contributed by atoms with Crippen LogP contribution in [0.2, 0.25) is 0 Å². The number of rotatable bonds is 9. The Morgan fingerprint density at radius 1 is 1.03 bits per heavy atom. The first-order valence-corrected chi connectivity index (χ1v) is 9.84. The number of benzene rings is 1. The van der Waals surface area contributed by atoms with E-state index in [1.54, 1.807) is 36.1 Å². The Morgan fingerprint density at radius 3 is 2.38 bits per heavy atom. The number of esters is 1. The second kappa shape index (κ2) is 10.9. The van der Waals surface area contributed by atoms with Crippen LogP contribution < -0.4 is 5.32 Å². The average molecular weight is 397 g/mol. The van der Waals surface area contributed by atoms with Crippen molar-refractivity contribution in [2.45, 2.75) is 33.6 Å². The maximum atomic E-state index is 12.7. The van der Waals surface area contributed by atoms with E-state index >= 15 is 0 Å². The summed E-state index contributed by atoms with van der Waals surface area (Å²) in [6.45, 7) is 7.25. The molecule has 2 amide bonds. The first-order valence-electron chi connectivity index (χ1n) is 9.84. The van der Waals surface area contributed by atoms with Crippen LogP contribution in [0, 0.1) is 0 Å². The minimum atomic E-state index is -0.510. The Bertz CT molecular complexity index is 861. The third kappa shape index (κ3) is 5.88. The van der Waals surface area contributed by atoms with Gasteiger partial charge >= 0.3 is 5.97 Å². The second-order valence-corrected chi connectivity index (χ2v) is 6.44. The molecule has 0 unspecified atom stereocenters. The molecule has 1 aromatic heterocycles. The SMILES string of the molecule is CCCN(CCC)C(=O)c1cc(C(=O)Nc2ccccc2C(=O)OCC)ccn1. The number of carbonyl (C=O) groups excluding carboxylic acids is 3. The van der Waals surface area contributed by atoms with Crippen molar-refractivity contribution in [3.05, 3.63) is 59.4 Å². The fraction of sp³-hybridized carbons (Fsp3) is 0.364. The molecular weight excluding hydrogens is 370 g/mol. The van der Waals surface area contributed by atoms with Gasteiger partial charge in [0.2, 0.25) is 0 Å². The monoisotopic (exact) mass is 397 g/mol. The highest BCUT2D eigenvalue weighted by molar-refractivity contribution is 6.08. The molecule has 2 rings (SSSR count). The van der Waals surface area contributed by atoms with Crippen LogP contribution in [0.15, 0.2) is 42.6 Å². The summed E-state index contributed by atoms with van der Waals surface area (Å²) in [5.74, 6) is -1.14. The fourth-order valence-electron chi connectivity index (χ4n) is 2.88. The number of amides is 2. The van der Waals surface area contributed by atoms with Gasteiger partial charge in [0.15, 0.2) is 0 Å². The molecule has 1 heterocycles. The van der Waals surface area contributed by atoms with Crippen molar-refractivity contribution >= 4 is 23.5 Å². The minimum Gasteiger partial charge on any atom is -0.462 e. The van der Waals surface area contributed by atoms with Crippen molar-refractivity contribution in [1.82, 2.24) is 9.88 Å². The van der Waals surface area contributed by atoms with Crippen LogP contribution in [-0.4, -0.2) is 47.4 Å². The van der Waals surface area contributed by atoms with E-state index in [0.29, 0.717) is 18.8 Å². The number of hydrogen-bond acceptors (Lipinski definition) is 5. The Hall–Kier alpha value is -3.22. The van der Waals surface area contributed by atoms with Crippen molar-refractivity contribution in [3.8, 4) is 0 Å². The van der Waals surface area contributed by atoms with Gasteiger partial charge in [0, 0.05) is 24.8 Å². The molecule has 0 aliphatic carbocycles. The number of anilines is 1. The Kier molecular flexibility index (Phi) is 8.33. The molecule has 0 fully saturated rings. The first-order chi connectivity index (χ1) is 14.0. The first kappa shape index (κ1) is 22.1. The minimum absolute atomic E-state index is 0.199. The zero-order chi connectivity index (χ0) is 21.2. The van der Waals surface area contributed by atoms with Gasteiger partial charge in [0.05, 0.1) is 17.9 Å². The third-order valence-electron chi connectivity index (χ3n) is 4.19. The third-order valence-corrected chi connectivity index (χ3v) is 4.19. The van der Waals surface area contributed by atoms with Crippen LogP contribution in [0.25, 0.3) is 0 Å². The maximum Gasteiger partial charge on any atom is 0.340 e. The molecule has 0 aliphatic heterocycles. The average Bonchev–Trinajstić information content (AvgIpc) is 2.73. The number of aromatic nitrogens is 1. The van der Waals surface area contributed by atoms with Gasteiger partial charge in [0.25, 0.3) is 11.8 Å². The number of hydrogen-bond donors (Lipinski definition) is 1. The summed E-state index contributed by atoms with van der Waals surface area (Å²) < 4.78 is 5.03. The van der Waals surface area contributed by atoms with Gasteiger partial charge in [0.1, 0.15) is 5.69 Å². The molecule has 0 spiro atoms. The molecule has 0 saturated heterocycles. The lowest BCUT2D eigenvalue weighted by Gasteiger charge is -2.21. The van der Waals surface area contributed by atoms with E-state index in [1.165, 1.54) is 18.3 Å². The molecule has 0 atom stereocenters. The molecule has 0 aliphatic rings. The zero-order valence-electron chi connectivity index (χ0n) is 17.1. The topological polar surface area (TPSA) is 88.6 Å². The molecule has 2 aromatic rings. The Balaban J connectivity index is 2.22. The summed E-state index contributed by atoms with van der Waals surface area (Å²) in [7, 11) is 0. The lowest BCUT2D eigenvalue weighted by atomic mass is 10.1. The van der Waals surface area contributed by atoms with Gasteiger partial charge in [-0.05, 0) is 44.0 Å². The van der Waals surface area contributed by atoms with Crippen LogP contribution in [0.5, 0.6) is 0 Å². The highest BCUT2D eigenvalue weighted by Crippen LogP contribution is 2.18. The summed E-state index contributed by atoms with van der Waals surface area (Å²) >= 11 is 0. The number of pyridine rings is 1. The van der Waals surface area contributed by atoms with E-state index < -0.39 is 11.9 Å². The van der Waals surface area contributed by atoms with Gasteiger partial charge in [-0.15, -0.1) is 0 Å². The summed E-state index contributed by atoms with van der Waals surface area (Å²) in [4.78, 5) is 43.4. The number of nitrogens with one attached hydrogen (secondary N) is 1. The molecule has 1 aromatic carbocycles. The molecule has 0 saturated carbocycles. The fourth-order valence-corrected chi connectivity index (χ4v) is 2.88. The predicted octanol–water partition coefficient (Wildman–Crippen LogP) is 3.77. The number of carbonyl (C=O) groups is 3. The molecule has 154 valence electrons. The van der Waals surface area contributed by atoms with Gasteiger partial charge in [-0.3, -0.25) is 14.6 Å². The van der Waals surface area contributed by atoms with Crippen molar-refractivity contribution < 1.29 is 19.1 Å². The smallest absolute Gasteiger partial charge is 0.340 e. The van der Waals surface area contributed by atoms with Gasteiger partial charge in [-0.1, -0.05) is 26.0 Å². The van der Waals surface area contributed by atoms with E-state index in [1.807, 2.05) is 13.8 Å². The molecule has 7 heteroatoms. The molecule has 7 nitrogen and oxygen atoms in total. The lowest BCUT2D eigenvalue weighted by molar-refractivity contribution is 0.0527. The van der Waals surface area contributed by atoms with E-state index in [2.05, 4.69) is 10.3 Å². The van der Waals surface area contributed by atoms with Crippen LogP contribution in [-0.2, 0) is 4.74 Å². The quantitative estimate of drug-likeness (QED) is 0.651. The highest BCUT2D eigenvalue weighted by atomic mass is 16.5. The van der Waals surface area contributed by atoms with E-state index in [9.17, 15) is 14.4 Å². The number of nitrogens with zero attached hydrogens (tertiary/aromatic N) is 2.